The maximum atomic E-state index is 5.90. The van der Waals surface area contributed by atoms with Gasteiger partial charge in [0.15, 0.2) is 0 Å². The van der Waals surface area contributed by atoms with Crippen LogP contribution in [0.3, 0.4) is 0 Å². The van der Waals surface area contributed by atoms with Gasteiger partial charge >= 0.3 is 0 Å². The molecule has 1 aliphatic heterocycles. The van der Waals surface area contributed by atoms with Gasteiger partial charge in [0.05, 0.1) is 6.04 Å². The summed E-state index contributed by atoms with van der Waals surface area (Å²) in [6, 6.07) is 19.0. The summed E-state index contributed by atoms with van der Waals surface area (Å²) >= 11 is 0. The largest absolute Gasteiger partial charge is 0.489 e. The van der Waals surface area contributed by atoms with Crippen molar-refractivity contribution in [3.05, 3.63) is 83.9 Å². The van der Waals surface area contributed by atoms with Gasteiger partial charge in [-0.1, -0.05) is 42.5 Å². The molecule has 0 aliphatic carbocycles. The van der Waals surface area contributed by atoms with Crippen LogP contribution < -0.4 is 10.1 Å². The number of halogens is 1. The fourth-order valence-electron chi connectivity index (χ4n) is 3.55. The van der Waals surface area contributed by atoms with Crippen LogP contribution in [0.2, 0.25) is 0 Å². The fourth-order valence-corrected chi connectivity index (χ4v) is 3.55. The van der Waals surface area contributed by atoms with Gasteiger partial charge < -0.3 is 14.6 Å². The molecule has 0 spiro atoms. The van der Waals surface area contributed by atoms with Crippen LogP contribution in [0.1, 0.15) is 23.0 Å². The van der Waals surface area contributed by atoms with E-state index in [0.29, 0.717) is 12.6 Å². The molecule has 1 fully saturated rings. The highest BCUT2D eigenvalue weighted by Crippen LogP contribution is 2.23. The zero-order chi connectivity index (χ0) is 18.5. The van der Waals surface area contributed by atoms with Gasteiger partial charge in [0, 0.05) is 45.6 Å². The fraction of sp³-hybridized carbons (Fsp3) is 0.318. The van der Waals surface area contributed by atoms with Crippen molar-refractivity contribution in [1.82, 2.24) is 19.8 Å². The Morgan fingerprint density at radius 1 is 1.07 bits per heavy atom. The summed E-state index contributed by atoms with van der Waals surface area (Å²) in [5.41, 5.74) is 2.48. The Morgan fingerprint density at radius 3 is 2.57 bits per heavy atom. The molecule has 148 valence electrons. The average molecular weight is 399 g/mol. The molecular formula is C22H27ClN4O. The van der Waals surface area contributed by atoms with Gasteiger partial charge in [0.2, 0.25) is 0 Å². The van der Waals surface area contributed by atoms with Crippen LogP contribution >= 0.6 is 12.4 Å². The standard InChI is InChI=1S/C22H26N4O.ClH/c1-25-13-12-24-22(25)21-15-23-11-14-26(21)16-18-7-9-20(10-8-18)27-17-19-5-3-2-4-6-19;/h2-10,12-13,21,23H,11,14-17H2,1H3;1H. The van der Waals surface area contributed by atoms with Crippen LogP contribution in [-0.4, -0.2) is 34.1 Å². The van der Waals surface area contributed by atoms with Crippen molar-refractivity contribution in [2.24, 2.45) is 7.05 Å². The van der Waals surface area contributed by atoms with E-state index in [4.69, 9.17) is 4.74 Å². The number of rotatable bonds is 6. The van der Waals surface area contributed by atoms with Crippen LogP contribution in [0.4, 0.5) is 0 Å². The first-order valence-corrected chi connectivity index (χ1v) is 9.47. The lowest BCUT2D eigenvalue weighted by Gasteiger charge is -2.35. The quantitative estimate of drug-likeness (QED) is 0.689. The Bertz CT molecular complexity index is 850. The van der Waals surface area contributed by atoms with Crippen molar-refractivity contribution in [2.75, 3.05) is 19.6 Å². The minimum absolute atomic E-state index is 0. The van der Waals surface area contributed by atoms with E-state index in [-0.39, 0.29) is 12.4 Å². The predicted molar refractivity (Wildman–Crippen MR) is 114 cm³/mol. The molecule has 0 bridgehead atoms. The first kappa shape index (κ1) is 20.4. The van der Waals surface area contributed by atoms with E-state index in [2.05, 4.69) is 63.2 Å². The van der Waals surface area contributed by atoms with E-state index < -0.39 is 0 Å². The number of benzene rings is 2. The number of aromatic nitrogens is 2. The summed E-state index contributed by atoms with van der Waals surface area (Å²) in [5, 5.41) is 3.49. The molecule has 1 aromatic heterocycles. The summed E-state index contributed by atoms with van der Waals surface area (Å²) in [6.07, 6.45) is 3.89. The zero-order valence-electron chi connectivity index (χ0n) is 16.1. The molecule has 1 unspecified atom stereocenters. The third-order valence-electron chi connectivity index (χ3n) is 5.07. The summed E-state index contributed by atoms with van der Waals surface area (Å²) in [4.78, 5) is 7.06. The van der Waals surface area contributed by atoms with Gasteiger partial charge in [-0.3, -0.25) is 4.90 Å². The number of hydrogen-bond donors (Lipinski definition) is 1. The number of nitrogens with one attached hydrogen (secondary N) is 1. The molecule has 1 saturated heterocycles. The topological polar surface area (TPSA) is 42.3 Å². The van der Waals surface area contributed by atoms with Gasteiger partial charge in [0.25, 0.3) is 0 Å². The van der Waals surface area contributed by atoms with Gasteiger partial charge in [-0.25, -0.2) is 4.98 Å². The molecule has 0 radical (unpaired) electrons. The molecule has 2 aromatic carbocycles. The Hall–Kier alpha value is -2.34. The lowest BCUT2D eigenvalue weighted by Crippen LogP contribution is -2.46. The highest BCUT2D eigenvalue weighted by Gasteiger charge is 2.26. The lowest BCUT2D eigenvalue weighted by molar-refractivity contribution is 0.144. The molecule has 28 heavy (non-hydrogen) atoms. The first-order valence-electron chi connectivity index (χ1n) is 9.47. The number of imidazole rings is 1. The number of hydrogen-bond acceptors (Lipinski definition) is 4. The third-order valence-corrected chi connectivity index (χ3v) is 5.07. The summed E-state index contributed by atoms with van der Waals surface area (Å²) < 4.78 is 8.01. The van der Waals surface area contributed by atoms with E-state index in [1.807, 2.05) is 30.6 Å². The normalized spacial score (nSPS) is 17.1. The lowest BCUT2D eigenvalue weighted by atomic mass is 10.1. The molecule has 0 saturated carbocycles. The van der Waals surface area contributed by atoms with Crippen LogP contribution in [0, 0.1) is 0 Å². The Balaban J connectivity index is 0.00000225. The van der Waals surface area contributed by atoms with Crippen molar-refractivity contribution in [3.8, 4) is 5.75 Å². The minimum Gasteiger partial charge on any atom is -0.489 e. The maximum Gasteiger partial charge on any atom is 0.127 e. The molecular weight excluding hydrogens is 372 g/mol. The van der Waals surface area contributed by atoms with Crippen LogP contribution in [0.5, 0.6) is 5.75 Å². The van der Waals surface area contributed by atoms with E-state index in [0.717, 1.165) is 37.8 Å². The molecule has 5 nitrogen and oxygen atoms in total. The predicted octanol–water partition coefficient (Wildman–Crippen LogP) is 3.57. The Morgan fingerprint density at radius 2 is 1.86 bits per heavy atom. The molecule has 4 rings (SSSR count). The number of ether oxygens (including phenoxy) is 1. The van der Waals surface area contributed by atoms with Crippen molar-refractivity contribution in [3.63, 3.8) is 0 Å². The molecule has 3 aromatic rings. The summed E-state index contributed by atoms with van der Waals surface area (Å²) in [5.74, 6) is 2.02. The van der Waals surface area contributed by atoms with Crippen LogP contribution in [-0.2, 0) is 20.2 Å². The van der Waals surface area contributed by atoms with E-state index in [1.165, 1.54) is 11.1 Å². The first-order chi connectivity index (χ1) is 13.3. The SMILES string of the molecule is Cl.Cn1ccnc1C1CNCCN1Cc1ccc(OCc2ccccc2)cc1. The van der Waals surface area contributed by atoms with Gasteiger partial charge in [-0.15, -0.1) is 12.4 Å². The van der Waals surface area contributed by atoms with Crippen molar-refractivity contribution in [2.45, 2.75) is 19.2 Å². The second-order valence-electron chi connectivity index (χ2n) is 7.00. The van der Waals surface area contributed by atoms with Crippen molar-refractivity contribution < 1.29 is 4.74 Å². The molecule has 1 N–H and O–H groups in total. The number of piperazine rings is 1. The Kier molecular flexibility index (Phi) is 7.09. The monoisotopic (exact) mass is 398 g/mol. The number of nitrogens with zero attached hydrogens (tertiary/aromatic N) is 3. The maximum absolute atomic E-state index is 5.90. The van der Waals surface area contributed by atoms with Crippen LogP contribution in [0.25, 0.3) is 0 Å². The molecule has 0 amide bonds. The highest BCUT2D eigenvalue weighted by atomic mass is 35.5. The molecule has 1 aliphatic rings. The average Bonchev–Trinajstić information content (AvgIpc) is 3.14. The van der Waals surface area contributed by atoms with E-state index in [1.54, 1.807) is 0 Å². The smallest absolute Gasteiger partial charge is 0.127 e. The molecule has 2 heterocycles. The second-order valence-corrected chi connectivity index (χ2v) is 7.00. The second kappa shape index (κ2) is 9.73. The minimum atomic E-state index is 0. The highest BCUT2D eigenvalue weighted by molar-refractivity contribution is 5.85. The van der Waals surface area contributed by atoms with Gasteiger partial charge in [0.1, 0.15) is 18.2 Å². The van der Waals surface area contributed by atoms with E-state index >= 15 is 0 Å². The molecule has 1 atom stereocenters. The van der Waals surface area contributed by atoms with Gasteiger partial charge in [-0.2, -0.15) is 0 Å². The third kappa shape index (κ3) is 4.93. The van der Waals surface area contributed by atoms with E-state index in [9.17, 15) is 0 Å². The number of aryl methyl sites for hydroxylation is 1. The summed E-state index contributed by atoms with van der Waals surface area (Å²) in [6.45, 7) is 4.48. The van der Waals surface area contributed by atoms with Gasteiger partial charge in [-0.05, 0) is 23.3 Å². The zero-order valence-corrected chi connectivity index (χ0v) is 16.9. The van der Waals surface area contributed by atoms with Crippen molar-refractivity contribution >= 4 is 12.4 Å². The summed E-state index contributed by atoms with van der Waals surface area (Å²) in [7, 11) is 2.06. The Labute approximate surface area is 172 Å². The molecule has 6 heteroatoms. The van der Waals surface area contributed by atoms with Crippen molar-refractivity contribution in [1.29, 1.82) is 0 Å². The van der Waals surface area contributed by atoms with Crippen LogP contribution in [0.15, 0.2) is 67.0 Å².